The average molecular weight is 383 g/mol. The van der Waals surface area contributed by atoms with Crippen LogP contribution in [-0.2, 0) is 36.4 Å². The monoisotopic (exact) mass is 382 g/mol. The van der Waals surface area contributed by atoms with Gasteiger partial charge in [0.25, 0.3) is 0 Å². The summed E-state index contributed by atoms with van der Waals surface area (Å²) in [6.45, 7) is 0.329. The van der Waals surface area contributed by atoms with Crippen molar-refractivity contribution in [3.05, 3.63) is 83.9 Å². The number of rotatable bonds is 7. The van der Waals surface area contributed by atoms with Crippen LogP contribution in [0, 0.1) is 0 Å². The second-order valence-corrected chi connectivity index (χ2v) is 8.51. The summed E-state index contributed by atoms with van der Waals surface area (Å²) in [5.41, 5.74) is 2.28. The van der Waals surface area contributed by atoms with Gasteiger partial charge in [0, 0.05) is 13.2 Å². The molecule has 0 spiro atoms. The maximum absolute atomic E-state index is 9.12. The van der Waals surface area contributed by atoms with Gasteiger partial charge in [0.05, 0.1) is 10.9 Å². The Kier molecular flexibility index (Phi) is 6.69. The Morgan fingerprint density at radius 2 is 0.923 bits per heavy atom. The van der Waals surface area contributed by atoms with Crippen LogP contribution in [0.15, 0.2) is 92.4 Å². The summed E-state index contributed by atoms with van der Waals surface area (Å²) in [6.07, 6.45) is 1.35. The first-order chi connectivity index (χ1) is 12.7. The molecule has 3 aromatic carbocycles. The summed E-state index contributed by atoms with van der Waals surface area (Å²) in [7, 11) is -0.219. The molecule has 0 saturated heterocycles. The van der Waals surface area contributed by atoms with Gasteiger partial charge in [0.2, 0.25) is 0 Å². The van der Waals surface area contributed by atoms with Gasteiger partial charge in [-0.25, -0.2) is 0 Å². The van der Waals surface area contributed by atoms with Crippen LogP contribution in [0.5, 0.6) is 0 Å². The van der Waals surface area contributed by atoms with Crippen molar-refractivity contribution in [2.45, 2.75) is 32.4 Å². The lowest BCUT2D eigenvalue weighted by atomic mass is 10.2. The molecular weight excluding hydrogens is 360 g/mol. The molecule has 3 rings (SSSR count). The molecule has 0 aliphatic rings. The Morgan fingerprint density at radius 3 is 1.27 bits per heavy atom. The van der Waals surface area contributed by atoms with Gasteiger partial charge >= 0.3 is 0 Å². The largest absolute Gasteiger partial charge is 0.780 e. The molecule has 0 fully saturated rings. The van der Waals surface area contributed by atoms with Crippen LogP contribution in [0.25, 0.3) is 0 Å². The van der Waals surface area contributed by atoms with Gasteiger partial charge in [-0.2, -0.15) is 4.90 Å². The smallest absolute Gasteiger partial charge is 0.166 e. The van der Waals surface area contributed by atoms with E-state index in [-0.39, 0.29) is 24.1 Å². The minimum atomic E-state index is -0.219. The van der Waals surface area contributed by atoms with E-state index in [1.807, 2.05) is 12.1 Å². The molecule has 0 bridgehead atoms. The minimum absolute atomic E-state index is 0.164. The van der Waals surface area contributed by atoms with Crippen LogP contribution in [0.2, 0.25) is 0 Å². The van der Waals surface area contributed by atoms with Gasteiger partial charge in [-0.15, -0.1) is 0 Å². The third-order valence-corrected chi connectivity index (χ3v) is 6.68. The van der Waals surface area contributed by atoms with E-state index in [1.165, 1.54) is 14.7 Å². The molecule has 0 radical (unpaired) electrons. The van der Waals surface area contributed by atoms with Gasteiger partial charge in [-0.05, 0) is 60.4 Å². The molecule has 0 aliphatic carbocycles. The predicted molar refractivity (Wildman–Crippen MR) is 109 cm³/mol. The predicted octanol–water partition coefficient (Wildman–Crippen LogP) is 3.76. The number of aliphatic hydroxyl groups excluding tert-OH is 2. The standard InChI is InChI=1S/C22H22O2S2/c23-15-13-17-1-7-20(8-2-17)26(22-11-5-19(25)6-12-22)21-9-3-18(4-10-21)14-16-24/h1-12,23-24H,13-16H2. The van der Waals surface area contributed by atoms with Crippen molar-refractivity contribution in [2.75, 3.05) is 13.2 Å². The van der Waals surface area contributed by atoms with Gasteiger partial charge in [-0.3, -0.25) is 0 Å². The topological polar surface area (TPSA) is 40.5 Å². The van der Waals surface area contributed by atoms with E-state index in [1.54, 1.807) is 0 Å². The Balaban J connectivity index is 1.99. The van der Waals surface area contributed by atoms with E-state index in [9.17, 15) is 0 Å². The highest BCUT2D eigenvalue weighted by Crippen LogP contribution is 2.31. The summed E-state index contributed by atoms with van der Waals surface area (Å²) in [5, 5.41) is 18.2. The molecule has 0 aromatic heterocycles. The first-order valence-corrected chi connectivity index (χ1v) is 10.3. The van der Waals surface area contributed by atoms with Crippen LogP contribution >= 0.6 is 0 Å². The number of hydrogen-bond donors (Lipinski definition) is 2. The van der Waals surface area contributed by atoms with Crippen LogP contribution in [0.4, 0.5) is 0 Å². The second-order valence-electron chi connectivity index (χ2n) is 6.01. The molecule has 0 amide bonds. The van der Waals surface area contributed by atoms with Gasteiger partial charge < -0.3 is 22.8 Å². The third kappa shape index (κ3) is 4.65. The average Bonchev–Trinajstić information content (AvgIpc) is 2.67. The number of aliphatic hydroxyl groups is 2. The third-order valence-electron chi connectivity index (χ3n) is 4.18. The van der Waals surface area contributed by atoms with E-state index >= 15 is 0 Å². The highest BCUT2D eigenvalue weighted by atomic mass is 32.2. The number of hydrogen-bond acceptors (Lipinski definition) is 3. The normalized spacial score (nSPS) is 11.0. The Bertz CT molecular complexity index is 763. The molecule has 0 aliphatic heterocycles. The van der Waals surface area contributed by atoms with Crippen LogP contribution in [0.1, 0.15) is 11.1 Å². The molecule has 134 valence electrons. The highest BCUT2D eigenvalue weighted by molar-refractivity contribution is 7.97. The van der Waals surface area contributed by atoms with Crippen molar-refractivity contribution in [2.24, 2.45) is 0 Å². The second kappa shape index (κ2) is 9.19. The first kappa shape index (κ1) is 18.9. The fourth-order valence-electron chi connectivity index (χ4n) is 2.83. The van der Waals surface area contributed by atoms with E-state index in [2.05, 4.69) is 60.7 Å². The Hall–Kier alpha value is -1.85. The van der Waals surface area contributed by atoms with Crippen LogP contribution < -0.4 is 0 Å². The zero-order valence-electron chi connectivity index (χ0n) is 14.5. The summed E-state index contributed by atoms with van der Waals surface area (Å²) in [4.78, 5) is 4.54. The molecule has 0 heterocycles. The van der Waals surface area contributed by atoms with Crippen molar-refractivity contribution in [1.82, 2.24) is 0 Å². The number of benzene rings is 3. The van der Waals surface area contributed by atoms with Gasteiger partial charge in [0.15, 0.2) is 14.7 Å². The molecule has 0 unspecified atom stereocenters. The lowest BCUT2D eigenvalue weighted by Gasteiger charge is -2.11. The lowest BCUT2D eigenvalue weighted by Crippen LogP contribution is -2.05. The van der Waals surface area contributed by atoms with Gasteiger partial charge in [-0.1, -0.05) is 36.4 Å². The maximum atomic E-state index is 9.12. The minimum Gasteiger partial charge on any atom is -0.780 e. The highest BCUT2D eigenvalue weighted by Gasteiger charge is 2.28. The van der Waals surface area contributed by atoms with Gasteiger partial charge in [0.1, 0.15) is 0 Å². The molecule has 4 heteroatoms. The molecule has 0 saturated carbocycles. The Morgan fingerprint density at radius 1 is 0.577 bits per heavy atom. The first-order valence-electron chi connectivity index (χ1n) is 8.62. The molecule has 0 atom stereocenters. The van der Waals surface area contributed by atoms with E-state index < -0.39 is 0 Å². The van der Waals surface area contributed by atoms with E-state index in [4.69, 9.17) is 22.8 Å². The van der Waals surface area contributed by atoms with Crippen molar-refractivity contribution in [3.63, 3.8) is 0 Å². The fourth-order valence-corrected chi connectivity index (χ4v) is 5.00. The Labute approximate surface area is 163 Å². The summed E-state index contributed by atoms with van der Waals surface area (Å²) < 4.78 is 0. The lowest BCUT2D eigenvalue weighted by molar-refractivity contribution is 0.299. The fraction of sp³-hybridized carbons (Fsp3) is 0.182. The summed E-state index contributed by atoms with van der Waals surface area (Å²) >= 11 is 5.24. The zero-order valence-corrected chi connectivity index (χ0v) is 16.1. The van der Waals surface area contributed by atoms with E-state index in [0.29, 0.717) is 12.8 Å². The van der Waals surface area contributed by atoms with Crippen molar-refractivity contribution < 1.29 is 10.2 Å². The van der Waals surface area contributed by atoms with Crippen LogP contribution in [0.3, 0.4) is 0 Å². The molecular formula is C22H22O2S2. The van der Waals surface area contributed by atoms with Crippen molar-refractivity contribution in [3.8, 4) is 0 Å². The van der Waals surface area contributed by atoms with Crippen molar-refractivity contribution >= 4 is 23.5 Å². The summed E-state index contributed by atoms with van der Waals surface area (Å²) in [6, 6.07) is 25.1. The SMILES string of the molecule is OCCc1ccc([S+](c2ccc([S-])cc2)c2ccc(CCO)cc2)cc1. The summed E-state index contributed by atoms with van der Waals surface area (Å²) in [5.74, 6) is 0. The van der Waals surface area contributed by atoms with Crippen LogP contribution in [-0.4, -0.2) is 23.4 Å². The molecule has 2 N–H and O–H groups in total. The molecule has 2 nitrogen and oxygen atoms in total. The molecule has 26 heavy (non-hydrogen) atoms. The zero-order chi connectivity index (χ0) is 18.4. The molecule has 3 aromatic rings. The quantitative estimate of drug-likeness (QED) is 0.483. The maximum Gasteiger partial charge on any atom is 0.166 e. The van der Waals surface area contributed by atoms with E-state index in [0.717, 1.165) is 16.0 Å². The van der Waals surface area contributed by atoms with Crippen molar-refractivity contribution in [1.29, 1.82) is 0 Å².